The van der Waals surface area contributed by atoms with Crippen LogP contribution in [0.4, 0.5) is 5.69 Å². The summed E-state index contributed by atoms with van der Waals surface area (Å²) in [7, 11) is 0. The maximum Gasteiger partial charge on any atom is 0.256 e. The van der Waals surface area contributed by atoms with Gasteiger partial charge in [-0.3, -0.25) is 4.79 Å². The van der Waals surface area contributed by atoms with E-state index < -0.39 is 0 Å². The summed E-state index contributed by atoms with van der Waals surface area (Å²) in [6.07, 6.45) is 5.71. The maximum atomic E-state index is 12.7. The Morgan fingerprint density at radius 1 is 1.27 bits per heavy atom. The highest BCUT2D eigenvalue weighted by Crippen LogP contribution is 2.32. The van der Waals surface area contributed by atoms with Crippen LogP contribution >= 0.6 is 11.3 Å². The zero-order chi connectivity index (χ0) is 15.5. The van der Waals surface area contributed by atoms with E-state index in [-0.39, 0.29) is 5.91 Å². The lowest BCUT2D eigenvalue weighted by atomic mass is 9.95. The lowest BCUT2D eigenvalue weighted by molar-refractivity contribution is 0.102. The zero-order valence-corrected chi connectivity index (χ0v) is 14.1. The number of hydrogen-bond acceptors (Lipinski definition) is 2. The molecule has 3 heteroatoms. The lowest BCUT2D eigenvalue weighted by Gasteiger charge is -2.16. The first-order chi connectivity index (χ1) is 10.7. The number of fused-ring (bicyclic) bond motifs is 1. The van der Waals surface area contributed by atoms with Gasteiger partial charge in [0, 0.05) is 15.9 Å². The van der Waals surface area contributed by atoms with Gasteiger partial charge in [0.15, 0.2) is 0 Å². The fraction of sp³-hybridized carbons (Fsp3) is 0.421. The third-order valence-corrected chi connectivity index (χ3v) is 5.75. The van der Waals surface area contributed by atoms with Crippen LogP contribution in [0.3, 0.4) is 0 Å². The standard InChI is InChI=1S/C19H23NOS/c1-3-13(2)14-8-4-6-10-17(14)20-19(21)16-12-22-18-11-7-5-9-15(16)18/h4,6,8,10,12-13H,3,5,7,9,11H2,1-2H3,(H,20,21). The van der Waals surface area contributed by atoms with E-state index in [1.54, 1.807) is 11.3 Å². The predicted molar refractivity (Wildman–Crippen MR) is 94.1 cm³/mol. The summed E-state index contributed by atoms with van der Waals surface area (Å²) in [5, 5.41) is 5.18. The van der Waals surface area contributed by atoms with Gasteiger partial charge >= 0.3 is 0 Å². The average Bonchev–Trinajstić information content (AvgIpc) is 2.99. The van der Waals surface area contributed by atoms with Crippen molar-refractivity contribution in [1.82, 2.24) is 0 Å². The molecule has 1 atom stereocenters. The summed E-state index contributed by atoms with van der Waals surface area (Å²) in [5.74, 6) is 0.503. The van der Waals surface area contributed by atoms with Gasteiger partial charge in [0.05, 0.1) is 5.56 Å². The molecular weight excluding hydrogens is 290 g/mol. The van der Waals surface area contributed by atoms with Gasteiger partial charge in [-0.2, -0.15) is 0 Å². The molecule has 22 heavy (non-hydrogen) atoms. The third kappa shape index (κ3) is 2.95. The molecule has 2 aromatic rings. The van der Waals surface area contributed by atoms with E-state index in [0.717, 1.165) is 30.5 Å². The van der Waals surface area contributed by atoms with Crippen LogP contribution < -0.4 is 5.32 Å². The summed E-state index contributed by atoms with van der Waals surface area (Å²) >= 11 is 1.75. The van der Waals surface area contributed by atoms with Gasteiger partial charge in [-0.05, 0) is 55.2 Å². The molecule has 0 spiro atoms. The smallest absolute Gasteiger partial charge is 0.256 e. The summed E-state index contributed by atoms with van der Waals surface area (Å²) in [6.45, 7) is 4.38. The number of hydrogen-bond donors (Lipinski definition) is 1. The molecule has 0 bridgehead atoms. The second kappa shape index (κ2) is 6.66. The largest absolute Gasteiger partial charge is 0.322 e. The van der Waals surface area contributed by atoms with Crippen molar-refractivity contribution < 1.29 is 4.79 Å². The van der Waals surface area contributed by atoms with Gasteiger partial charge in [-0.15, -0.1) is 11.3 Å². The average molecular weight is 313 g/mol. The van der Waals surface area contributed by atoms with Crippen LogP contribution in [0.2, 0.25) is 0 Å². The fourth-order valence-electron chi connectivity index (χ4n) is 3.13. The Labute approximate surface area is 136 Å². The van der Waals surface area contributed by atoms with Crippen LogP contribution in [0.25, 0.3) is 0 Å². The number of aryl methyl sites for hydroxylation is 1. The lowest BCUT2D eigenvalue weighted by Crippen LogP contribution is -2.16. The first-order valence-electron chi connectivity index (χ1n) is 8.20. The highest BCUT2D eigenvalue weighted by Gasteiger charge is 2.21. The summed E-state index contributed by atoms with van der Waals surface area (Å²) < 4.78 is 0. The van der Waals surface area contributed by atoms with Crippen molar-refractivity contribution in [3.05, 3.63) is 51.2 Å². The van der Waals surface area contributed by atoms with Crippen molar-refractivity contribution in [2.45, 2.75) is 51.9 Å². The van der Waals surface area contributed by atoms with E-state index in [4.69, 9.17) is 0 Å². The number of nitrogens with one attached hydrogen (secondary N) is 1. The van der Waals surface area contributed by atoms with Gasteiger partial charge in [0.2, 0.25) is 0 Å². The Kier molecular flexibility index (Phi) is 4.63. The molecule has 1 unspecified atom stereocenters. The molecule has 2 nitrogen and oxygen atoms in total. The van der Waals surface area contributed by atoms with Crippen molar-refractivity contribution in [3.63, 3.8) is 0 Å². The van der Waals surface area contributed by atoms with Gasteiger partial charge < -0.3 is 5.32 Å². The molecular formula is C19H23NOS. The number of amides is 1. The van der Waals surface area contributed by atoms with Crippen LogP contribution in [-0.2, 0) is 12.8 Å². The summed E-state index contributed by atoms with van der Waals surface area (Å²) in [6, 6.07) is 8.17. The van der Waals surface area contributed by atoms with E-state index in [9.17, 15) is 4.79 Å². The van der Waals surface area contributed by atoms with Crippen molar-refractivity contribution in [3.8, 4) is 0 Å². The van der Waals surface area contributed by atoms with E-state index in [1.807, 2.05) is 23.6 Å². The van der Waals surface area contributed by atoms with E-state index in [1.165, 1.54) is 28.8 Å². The minimum atomic E-state index is 0.0511. The first kappa shape index (κ1) is 15.3. The van der Waals surface area contributed by atoms with Crippen LogP contribution in [-0.4, -0.2) is 5.91 Å². The third-order valence-electron chi connectivity index (χ3n) is 4.66. The Bertz CT molecular complexity index is 674. The SMILES string of the molecule is CCC(C)c1ccccc1NC(=O)c1csc2c1CCCC2. The normalized spacial score (nSPS) is 15.2. The number of benzene rings is 1. The number of thiophene rings is 1. The number of anilines is 1. The van der Waals surface area contributed by atoms with Crippen LogP contribution in [0.5, 0.6) is 0 Å². The molecule has 1 N–H and O–H groups in total. The van der Waals surface area contributed by atoms with Crippen molar-refractivity contribution in [1.29, 1.82) is 0 Å². The first-order valence-corrected chi connectivity index (χ1v) is 9.08. The van der Waals surface area contributed by atoms with Crippen LogP contribution in [0, 0.1) is 0 Å². The zero-order valence-electron chi connectivity index (χ0n) is 13.3. The molecule has 1 amide bonds. The van der Waals surface area contributed by atoms with Gasteiger partial charge in [0.1, 0.15) is 0 Å². The topological polar surface area (TPSA) is 29.1 Å². The van der Waals surface area contributed by atoms with Crippen LogP contribution in [0.15, 0.2) is 29.6 Å². The van der Waals surface area contributed by atoms with Crippen molar-refractivity contribution >= 4 is 22.9 Å². The molecule has 0 radical (unpaired) electrons. The molecule has 1 aromatic heterocycles. The molecule has 1 aliphatic carbocycles. The number of rotatable bonds is 4. The summed E-state index contributed by atoms with van der Waals surface area (Å²) in [4.78, 5) is 14.1. The fourth-order valence-corrected chi connectivity index (χ4v) is 4.26. The number of carbonyl (C=O) groups is 1. The second-order valence-corrected chi connectivity index (χ2v) is 7.07. The number of para-hydroxylation sites is 1. The highest BCUT2D eigenvalue weighted by atomic mass is 32.1. The maximum absolute atomic E-state index is 12.7. The van der Waals surface area contributed by atoms with E-state index in [0.29, 0.717) is 5.92 Å². The van der Waals surface area contributed by atoms with E-state index >= 15 is 0 Å². The van der Waals surface area contributed by atoms with E-state index in [2.05, 4.69) is 25.2 Å². The molecule has 0 saturated carbocycles. The molecule has 116 valence electrons. The van der Waals surface area contributed by atoms with Crippen LogP contribution in [0.1, 0.15) is 65.4 Å². The highest BCUT2D eigenvalue weighted by molar-refractivity contribution is 7.10. The molecule has 1 aliphatic rings. The second-order valence-electron chi connectivity index (χ2n) is 6.11. The van der Waals surface area contributed by atoms with Gasteiger partial charge in [0.25, 0.3) is 5.91 Å². The minimum Gasteiger partial charge on any atom is -0.322 e. The Morgan fingerprint density at radius 2 is 2.05 bits per heavy atom. The molecule has 1 aromatic carbocycles. The van der Waals surface area contributed by atoms with Gasteiger partial charge in [-0.1, -0.05) is 32.0 Å². The minimum absolute atomic E-state index is 0.0511. The Hall–Kier alpha value is -1.61. The predicted octanol–water partition coefficient (Wildman–Crippen LogP) is 5.39. The molecule has 3 rings (SSSR count). The number of carbonyl (C=O) groups excluding carboxylic acids is 1. The van der Waals surface area contributed by atoms with Crippen molar-refractivity contribution in [2.24, 2.45) is 0 Å². The quantitative estimate of drug-likeness (QED) is 0.805. The monoisotopic (exact) mass is 313 g/mol. The molecule has 1 heterocycles. The summed E-state index contributed by atoms with van der Waals surface area (Å²) in [5.41, 5.74) is 4.36. The molecule has 0 fully saturated rings. The van der Waals surface area contributed by atoms with Gasteiger partial charge in [-0.25, -0.2) is 0 Å². The molecule has 0 saturated heterocycles. The van der Waals surface area contributed by atoms with Crippen molar-refractivity contribution in [2.75, 3.05) is 5.32 Å². The Balaban J connectivity index is 1.85. The Morgan fingerprint density at radius 3 is 2.86 bits per heavy atom. The molecule has 0 aliphatic heterocycles.